The molecule has 3 N–H and O–H groups in total. The van der Waals surface area contributed by atoms with Crippen molar-refractivity contribution >= 4 is 11.6 Å². The zero-order chi connectivity index (χ0) is 14.7. The van der Waals surface area contributed by atoms with E-state index in [0.29, 0.717) is 19.5 Å². The average Bonchev–Trinajstić information content (AvgIpc) is 2.75. The molecular formula is C14H19F2N3O. The van der Waals surface area contributed by atoms with Crippen LogP contribution in [0.25, 0.3) is 0 Å². The Morgan fingerprint density at radius 2 is 2.15 bits per heavy atom. The third-order valence-electron chi connectivity index (χ3n) is 3.31. The first-order valence-electron chi connectivity index (χ1n) is 6.71. The summed E-state index contributed by atoms with van der Waals surface area (Å²) in [5, 5.41) is 2.84. The number of nitrogens with one attached hydrogen (secondary N) is 1. The fraction of sp³-hybridized carbons (Fsp3) is 0.500. The zero-order valence-corrected chi connectivity index (χ0v) is 11.4. The third kappa shape index (κ3) is 3.45. The van der Waals surface area contributed by atoms with Gasteiger partial charge in [0.25, 0.3) is 0 Å². The van der Waals surface area contributed by atoms with Crippen LogP contribution in [0.3, 0.4) is 0 Å². The summed E-state index contributed by atoms with van der Waals surface area (Å²) in [5.74, 6) is -1.28. The fourth-order valence-electron chi connectivity index (χ4n) is 2.45. The normalized spacial score (nSPS) is 20.0. The van der Waals surface area contributed by atoms with Gasteiger partial charge in [-0.25, -0.2) is 8.78 Å². The van der Waals surface area contributed by atoms with Gasteiger partial charge in [-0.15, -0.1) is 0 Å². The molecule has 1 aromatic rings. The topological polar surface area (TPSA) is 58.4 Å². The second-order valence-electron chi connectivity index (χ2n) is 5.25. The molecule has 4 nitrogen and oxygen atoms in total. The number of carbonyl (C=O) groups is 1. The molecule has 6 heteroatoms. The first kappa shape index (κ1) is 14.7. The maximum Gasteiger partial charge on any atom is 0.221 e. The summed E-state index contributed by atoms with van der Waals surface area (Å²) < 4.78 is 27.4. The van der Waals surface area contributed by atoms with Crippen LogP contribution in [-0.2, 0) is 4.79 Å². The van der Waals surface area contributed by atoms with Gasteiger partial charge in [-0.1, -0.05) is 6.07 Å². The van der Waals surface area contributed by atoms with E-state index in [0.717, 1.165) is 0 Å². The van der Waals surface area contributed by atoms with Crippen LogP contribution in [0.5, 0.6) is 0 Å². The van der Waals surface area contributed by atoms with Gasteiger partial charge in [-0.2, -0.15) is 0 Å². The van der Waals surface area contributed by atoms with Crippen molar-refractivity contribution in [2.45, 2.75) is 31.8 Å². The second-order valence-corrected chi connectivity index (χ2v) is 5.25. The van der Waals surface area contributed by atoms with Crippen molar-refractivity contribution in [2.24, 2.45) is 5.73 Å². The molecule has 0 saturated carbocycles. The van der Waals surface area contributed by atoms with Gasteiger partial charge in [0, 0.05) is 31.6 Å². The van der Waals surface area contributed by atoms with Gasteiger partial charge in [-0.05, 0) is 25.5 Å². The second kappa shape index (κ2) is 6.17. The lowest BCUT2D eigenvalue weighted by atomic mass is 10.2. The van der Waals surface area contributed by atoms with Crippen LogP contribution in [0.15, 0.2) is 18.2 Å². The molecule has 2 atom stereocenters. The van der Waals surface area contributed by atoms with Crippen LogP contribution in [0, 0.1) is 11.6 Å². The number of carbonyl (C=O) groups excluding carboxylic acids is 1. The number of nitrogens with two attached hydrogens (primary N) is 1. The van der Waals surface area contributed by atoms with Crippen LogP contribution in [0.2, 0.25) is 0 Å². The summed E-state index contributed by atoms with van der Waals surface area (Å²) in [7, 11) is 0. The number of nitrogens with zero attached hydrogens (tertiary/aromatic N) is 1. The number of benzene rings is 1. The van der Waals surface area contributed by atoms with E-state index in [1.807, 2.05) is 0 Å². The van der Waals surface area contributed by atoms with Crippen molar-refractivity contribution in [3.05, 3.63) is 29.8 Å². The summed E-state index contributed by atoms with van der Waals surface area (Å²) in [6.07, 6.45) is 0.920. The molecule has 2 rings (SSSR count). The lowest BCUT2D eigenvalue weighted by Crippen LogP contribution is -2.39. The molecule has 110 valence electrons. The molecule has 1 aliphatic heterocycles. The van der Waals surface area contributed by atoms with Crippen molar-refractivity contribution in [2.75, 3.05) is 18.0 Å². The van der Waals surface area contributed by atoms with Crippen molar-refractivity contribution in [1.82, 2.24) is 5.32 Å². The lowest BCUT2D eigenvalue weighted by molar-refractivity contribution is -0.121. The highest BCUT2D eigenvalue weighted by molar-refractivity contribution is 5.77. The van der Waals surface area contributed by atoms with E-state index in [1.165, 1.54) is 18.2 Å². The lowest BCUT2D eigenvalue weighted by Gasteiger charge is -2.20. The summed E-state index contributed by atoms with van der Waals surface area (Å²) in [6.45, 7) is 2.68. The van der Waals surface area contributed by atoms with Crippen LogP contribution < -0.4 is 16.0 Å². The van der Waals surface area contributed by atoms with Gasteiger partial charge >= 0.3 is 0 Å². The number of rotatable bonds is 4. The van der Waals surface area contributed by atoms with E-state index >= 15 is 0 Å². The standard InChI is InChI=1S/C14H19F2N3O/c1-9(17)7-13(20)18-10-5-6-19(8-10)14-11(15)3-2-4-12(14)16/h2-4,9-10H,5-8,17H2,1H3,(H,18,20). The molecule has 1 aliphatic rings. The quantitative estimate of drug-likeness (QED) is 0.878. The van der Waals surface area contributed by atoms with Gasteiger partial charge in [0.15, 0.2) is 0 Å². The Labute approximate surface area is 116 Å². The molecular weight excluding hydrogens is 264 g/mol. The summed E-state index contributed by atoms with van der Waals surface area (Å²) in [5.41, 5.74) is 5.54. The largest absolute Gasteiger partial charge is 0.365 e. The summed E-state index contributed by atoms with van der Waals surface area (Å²) in [6, 6.07) is 3.52. The maximum absolute atomic E-state index is 13.7. The molecule has 0 radical (unpaired) electrons. The SMILES string of the molecule is CC(N)CC(=O)NC1CCN(c2c(F)cccc2F)C1. The van der Waals surface area contributed by atoms with Crippen LogP contribution in [-0.4, -0.2) is 31.1 Å². The molecule has 1 aromatic carbocycles. The van der Waals surface area contributed by atoms with E-state index in [4.69, 9.17) is 5.73 Å². The third-order valence-corrected chi connectivity index (χ3v) is 3.31. The Hall–Kier alpha value is -1.69. The molecule has 1 amide bonds. The van der Waals surface area contributed by atoms with Gasteiger partial charge in [0.1, 0.15) is 17.3 Å². The van der Waals surface area contributed by atoms with Crippen LogP contribution >= 0.6 is 0 Å². The number of anilines is 1. The summed E-state index contributed by atoms with van der Waals surface area (Å²) >= 11 is 0. The van der Waals surface area contributed by atoms with Gasteiger partial charge in [0.2, 0.25) is 5.91 Å². The number of hydrogen-bond donors (Lipinski definition) is 2. The predicted molar refractivity (Wildman–Crippen MR) is 73.4 cm³/mol. The maximum atomic E-state index is 13.7. The minimum atomic E-state index is -0.576. The number of halogens is 2. The fourth-order valence-corrected chi connectivity index (χ4v) is 2.45. The molecule has 0 aliphatic carbocycles. The smallest absolute Gasteiger partial charge is 0.221 e. The van der Waals surface area contributed by atoms with Crippen molar-refractivity contribution in [3.63, 3.8) is 0 Å². The Bertz CT molecular complexity index is 473. The van der Waals surface area contributed by atoms with Crippen LogP contribution in [0.1, 0.15) is 19.8 Å². The molecule has 1 heterocycles. The highest BCUT2D eigenvalue weighted by atomic mass is 19.1. The highest BCUT2D eigenvalue weighted by Crippen LogP contribution is 2.26. The van der Waals surface area contributed by atoms with E-state index in [2.05, 4.69) is 5.32 Å². The number of hydrogen-bond acceptors (Lipinski definition) is 3. The first-order chi connectivity index (χ1) is 9.47. The van der Waals surface area contributed by atoms with Crippen LogP contribution in [0.4, 0.5) is 14.5 Å². The molecule has 0 bridgehead atoms. The van der Waals surface area contributed by atoms with Gasteiger partial charge in [-0.3, -0.25) is 4.79 Å². The predicted octanol–water partition coefficient (Wildman–Crippen LogP) is 1.40. The van der Waals surface area contributed by atoms with E-state index in [-0.39, 0.29) is 30.1 Å². The molecule has 0 spiro atoms. The zero-order valence-electron chi connectivity index (χ0n) is 11.4. The number of para-hydroxylation sites is 1. The van der Waals surface area contributed by atoms with E-state index < -0.39 is 11.6 Å². The minimum absolute atomic E-state index is 0.0172. The molecule has 0 aromatic heterocycles. The van der Waals surface area contributed by atoms with Crippen molar-refractivity contribution in [1.29, 1.82) is 0 Å². The Morgan fingerprint density at radius 1 is 1.50 bits per heavy atom. The monoisotopic (exact) mass is 283 g/mol. The number of amides is 1. The minimum Gasteiger partial charge on any atom is -0.365 e. The van der Waals surface area contributed by atoms with Crippen molar-refractivity contribution in [3.8, 4) is 0 Å². The average molecular weight is 283 g/mol. The molecule has 20 heavy (non-hydrogen) atoms. The Morgan fingerprint density at radius 3 is 2.75 bits per heavy atom. The van der Waals surface area contributed by atoms with Gasteiger partial charge < -0.3 is 16.0 Å². The Kier molecular flexibility index (Phi) is 4.54. The summed E-state index contributed by atoms with van der Waals surface area (Å²) in [4.78, 5) is 13.3. The van der Waals surface area contributed by atoms with Gasteiger partial charge in [0.05, 0.1) is 0 Å². The first-order valence-corrected chi connectivity index (χ1v) is 6.71. The molecule has 1 saturated heterocycles. The van der Waals surface area contributed by atoms with E-state index in [9.17, 15) is 13.6 Å². The molecule has 1 fully saturated rings. The Balaban J connectivity index is 1.97. The van der Waals surface area contributed by atoms with E-state index in [1.54, 1.807) is 11.8 Å². The molecule has 2 unspecified atom stereocenters. The van der Waals surface area contributed by atoms with Crippen molar-refractivity contribution < 1.29 is 13.6 Å². The highest BCUT2D eigenvalue weighted by Gasteiger charge is 2.27.